The average Bonchev–Trinajstić information content (AvgIpc) is 2.27. The van der Waals surface area contributed by atoms with Crippen LogP contribution in [0, 0.1) is 10.5 Å². The summed E-state index contributed by atoms with van der Waals surface area (Å²) in [5.41, 5.74) is 3.84. The summed E-state index contributed by atoms with van der Waals surface area (Å²) < 4.78 is 6.31. The molecule has 16 heavy (non-hydrogen) atoms. The smallest absolute Gasteiger partial charge is 0.171 e. The molecule has 88 valence electrons. The van der Waals surface area contributed by atoms with Crippen molar-refractivity contribution in [2.45, 2.75) is 39.0 Å². The lowest BCUT2D eigenvalue weighted by Gasteiger charge is -2.27. The highest BCUT2D eigenvalue weighted by atomic mass is 127. The van der Waals surface area contributed by atoms with E-state index in [1.807, 2.05) is 0 Å². The third-order valence-electron chi connectivity index (χ3n) is 3.52. The Labute approximate surface area is 110 Å². The quantitative estimate of drug-likeness (QED) is 0.794. The van der Waals surface area contributed by atoms with Crippen LogP contribution in [0.3, 0.4) is 0 Å². The van der Waals surface area contributed by atoms with Gasteiger partial charge in [0.25, 0.3) is 0 Å². The van der Waals surface area contributed by atoms with E-state index in [9.17, 15) is 5.11 Å². The topological polar surface area (TPSA) is 29.5 Å². The van der Waals surface area contributed by atoms with E-state index in [2.05, 4.69) is 36.4 Å². The molecule has 3 heteroatoms. The molecule has 0 saturated heterocycles. The van der Waals surface area contributed by atoms with Crippen molar-refractivity contribution in [3.05, 3.63) is 20.3 Å². The normalized spacial score (nSPS) is 19.4. The Hall–Kier alpha value is -0.450. The largest absolute Gasteiger partial charge is 0.504 e. The van der Waals surface area contributed by atoms with E-state index in [1.165, 1.54) is 29.5 Å². The first-order valence-electron chi connectivity index (χ1n) is 5.65. The molecule has 1 atom stereocenters. The van der Waals surface area contributed by atoms with Gasteiger partial charge in [-0.3, -0.25) is 0 Å². The Morgan fingerprint density at radius 2 is 2.12 bits per heavy atom. The van der Waals surface area contributed by atoms with E-state index in [-0.39, 0.29) is 0 Å². The lowest BCUT2D eigenvalue weighted by atomic mass is 9.81. The first kappa shape index (κ1) is 12.0. The fourth-order valence-corrected chi connectivity index (χ4v) is 3.29. The van der Waals surface area contributed by atoms with Crippen LogP contribution in [0.4, 0.5) is 0 Å². The first-order chi connectivity index (χ1) is 7.57. The Bertz CT molecular complexity index is 427. The molecule has 1 aliphatic rings. The van der Waals surface area contributed by atoms with Crippen LogP contribution in [0.2, 0.25) is 0 Å². The number of fused-ring (bicyclic) bond motifs is 1. The van der Waals surface area contributed by atoms with E-state index in [1.54, 1.807) is 7.11 Å². The van der Waals surface area contributed by atoms with Crippen molar-refractivity contribution in [3.8, 4) is 11.5 Å². The van der Waals surface area contributed by atoms with Gasteiger partial charge in [0.05, 0.1) is 10.7 Å². The monoisotopic (exact) mass is 332 g/mol. The van der Waals surface area contributed by atoms with Crippen LogP contribution in [0.15, 0.2) is 0 Å². The molecule has 0 spiro atoms. The van der Waals surface area contributed by atoms with Crippen LogP contribution in [-0.2, 0) is 6.42 Å². The minimum atomic E-state index is 0.313. The predicted molar refractivity (Wildman–Crippen MR) is 73.5 cm³/mol. The molecule has 1 aromatic rings. The SMILES string of the molecule is COc1c(O)c(I)c(C)c2c1CCCC2C. The molecule has 0 bridgehead atoms. The summed E-state index contributed by atoms with van der Waals surface area (Å²) in [5, 5.41) is 10.1. The number of methoxy groups -OCH3 is 1. The molecule has 0 radical (unpaired) electrons. The number of halogens is 1. The highest BCUT2D eigenvalue weighted by Gasteiger charge is 2.26. The molecule has 0 fully saturated rings. The zero-order valence-electron chi connectivity index (χ0n) is 9.93. The van der Waals surface area contributed by atoms with Crippen LogP contribution >= 0.6 is 22.6 Å². The summed E-state index contributed by atoms with van der Waals surface area (Å²) in [6, 6.07) is 0. The zero-order chi connectivity index (χ0) is 11.9. The maximum Gasteiger partial charge on any atom is 0.171 e. The van der Waals surface area contributed by atoms with Crippen LogP contribution in [0.5, 0.6) is 11.5 Å². The number of rotatable bonds is 1. The van der Waals surface area contributed by atoms with E-state index >= 15 is 0 Å². The van der Waals surface area contributed by atoms with Crippen molar-refractivity contribution in [3.63, 3.8) is 0 Å². The summed E-state index contributed by atoms with van der Waals surface area (Å²) in [4.78, 5) is 0. The Morgan fingerprint density at radius 1 is 1.44 bits per heavy atom. The number of phenols is 1. The summed E-state index contributed by atoms with van der Waals surface area (Å²) in [6.07, 6.45) is 3.44. The van der Waals surface area contributed by atoms with Gasteiger partial charge in [-0.15, -0.1) is 0 Å². The van der Waals surface area contributed by atoms with E-state index in [0.717, 1.165) is 9.99 Å². The fourth-order valence-electron chi connectivity index (χ4n) is 2.75. The molecule has 0 heterocycles. The van der Waals surface area contributed by atoms with Gasteiger partial charge in [0.2, 0.25) is 0 Å². The highest BCUT2D eigenvalue weighted by Crippen LogP contribution is 2.46. The number of ether oxygens (including phenoxy) is 1. The van der Waals surface area contributed by atoms with Gasteiger partial charge in [-0.2, -0.15) is 0 Å². The van der Waals surface area contributed by atoms with Gasteiger partial charge in [-0.25, -0.2) is 0 Å². The van der Waals surface area contributed by atoms with Crippen molar-refractivity contribution < 1.29 is 9.84 Å². The van der Waals surface area contributed by atoms with Gasteiger partial charge < -0.3 is 9.84 Å². The molecule has 0 aliphatic heterocycles. The molecule has 1 unspecified atom stereocenters. The van der Waals surface area contributed by atoms with Crippen molar-refractivity contribution in [1.29, 1.82) is 0 Å². The molecule has 1 N–H and O–H groups in total. The van der Waals surface area contributed by atoms with Gasteiger partial charge in [0, 0.05) is 5.56 Å². The van der Waals surface area contributed by atoms with Gasteiger partial charge in [-0.05, 0) is 65.8 Å². The van der Waals surface area contributed by atoms with E-state index in [4.69, 9.17) is 4.74 Å². The number of aromatic hydroxyl groups is 1. The standard InChI is InChI=1S/C13H17IO2/c1-7-5-4-6-9-10(7)8(2)11(14)12(15)13(9)16-3/h7,15H,4-6H2,1-3H3. The average molecular weight is 332 g/mol. The Morgan fingerprint density at radius 3 is 2.75 bits per heavy atom. The second kappa shape index (κ2) is 4.43. The van der Waals surface area contributed by atoms with Crippen LogP contribution in [0.1, 0.15) is 42.4 Å². The lowest BCUT2D eigenvalue weighted by Crippen LogP contribution is -2.12. The van der Waals surface area contributed by atoms with E-state index < -0.39 is 0 Å². The predicted octanol–water partition coefficient (Wildman–Crippen LogP) is 3.75. The third-order valence-corrected chi connectivity index (χ3v) is 4.84. The molecule has 1 aliphatic carbocycles. The maximum atomic E-state index is 10.1. The number of hydrogen-bond acceptors (Lipinski definition) is 2. The number of benzene rings is 1. The minimum Gasteiger partial charge on any atom is -0.504 e. The van der Waals surface area contributed by atoms with Crippen molar-refractivity contribution in [2.24, 2.45) is 0 Å². The van der Waals surface area contributed by atoms with Crippen LogP contribution in [-0.4, -0.2) is 12.2 Å². The van der Waals surface area contributed by atoms with Gasteiger partial charge in [-0.1, -0.05) is 6.92 Å². The molecular formula is C13H17IO2. The molecule has 0 saturated carbocycles. The second-order valence-corrected chi connectivity index (χ2v) is 5.59. The Kier molecular flexibility index (Phi) is 3.33. The molecule has 1 aromatic carbocycles. The highest BCUT2D eigenvalue weighted by molar-refractivity contribution is 14.1. The second-order valence-electron chi connectivity index (χ2n) is 4.51. The van der Waals surface area contributed by atoms with Crippen molar-refractivity contribution >= 4 is 22.6 Å². The van der Waals surface area contributed by atoms with Crippen molar-refractivity contribution in [2.75, 3.05) is 7.11 Å². The number of phenolic OH excluding ortho intramolecular Hbond substituents is 1. The molecule has 0 amide bonds. The summed E-state index contributed by atoms with van der Waals surface area (Å²) in [5.74, 6) is 1.58. The van der Waals surface area contributed by atoms with Crippen molar-refractivity contribution in [1.82, 2.24) is 0 Å². The van der Waals surface area contributed by atoms with Gasteiger partial charge >= 0.3 is 0 Å². The summed E-state index contributed by atoms with van der Waals surface area (Å²) >= 11 is 2.20. The zero-order valence-corrected chi connectivity index (χ0v) is 12.1. The minimum absolute atomic E-state index is 0.313. The molecule has 0 aromatic heterocycles. The van der Waals surface area contributed by atoms with E-state index in [0.29, 0.717) is 17.4 Å². The Balaban J connectivity index is 2.74. The summed E-state index contributed by atoms with van der Waals surface area (Å²) in [7, 11) is 1.64. The maximum absolute atomic E-state index is 10.1. The fraction of sp³-hybridized carbons (Fsp3) is 0.538. The summed E-state index contributed by atoms with van der Waals surface area (Å²) in [6.45, 7) is 4.36. The van der Waals surface area contributed by atoms with Gasteiger partial charge in [0.15, 0.2) is 11.5 Å². The van der Waals surface area contributed by atoms with Crippen LogP contribution < -0.4 is 4.74 Å². The lowest BCUT2D eigenvalue weighted by molar-refractivity contribution is 0.362. The molecule has 2 rings (SSSR count). The number of hydrogen-bond donors (Lipinski definition) is 1. The molecule has 2 nitrogen and oxygen atoms in total. The molecular weight excluding hydrogens is 315 g/mol. The third kappa shape index (κ3) is 1.69. The van der Waals surface area contributed by atoms with Gasteiger partial charge in [0.1, 0.15) is 0 Å². The first-order valence-corrected chi connectivity index (χ1v) is 6.73. The van der Waals surface area contributed by atoms with Crippen LogP contribution in [0.25, 0.3) is 0 Å².